The predicted octanol–water partition coefficient (Wildman–Crippen LogP) is 2.63. The first kappa shape index (κ1) is 15.6. The van der Waals surface area contributed by atoms with Crippen LogP contribution >= 0.6 is 0 Å². The number of ether oxygens (including phenoxy) is 1. The molecule has 0 aliphatic heterocycles. The van der Waals surface area contributed by atoms with Crippen LogP contribution in [0.15, 0.2) is 12.1 Å². The number of nitrogens with two attached hydrogens (primary N) is 1. The fraction of sp³-hybridized carbons (Fsp3) is 0.571. The summed E-state index contributed by atoms with van der Waals surface area (Å²) in [5, 5.41) is 11.9. The minimum Gasteiger partial charge on any atom is -0.495 e. The lowest BCUT2D eigenvalue weighted by Gasteiger charge is -2.25. The SMILES string of the molecule is COc1cc(NCC(C)(C)CCCO)c(F)cc1N. The standard InChI is InChI=1S/C14H23FN2O2/c1-14(2,5-4-6-18)9-17-12-8-13(19-3)11(16)7-10(12)15/h7-8,17-18H,4-6,9,16H2,1-3H3. The molecule has 19 heavy (non-hydrogen) atoms. The van der Waals surface area contributed by atoms with Crippen molar-refractivity contribution in [2.24, 2.45) is 5.41 Å². The van der Waals surface area contributed by atoms with Crippen LogP contribution in [0.25, 0.3) is 0 Å². The summed E-state index contributed by atoms with van der Waals surface area (Å²) < 4.78 is 18.8. The third-order valence-corrected chi connectivity index (χ3v) is 3.09. The molecule has 0 spiro atoms. The van der Waals surface area contributed by atoms with E-state index < -0.39 is 5.82 Å². The quantitative estimate of drug-likeness (QED) is 0.666. The molecule has 0 heterocycles. The van der Waals surface area contributed by atoms with Crippen LogP contribution in [0.3, 0.4) is 0 Å². The third kappa shape index (κ3) is 4.59. The van der Waals surface area contributed by atoms with Crippen LogP contribution in [0.2, 0.25) is 0 Å². The molecular weight excluding hydrogens is 247 g/mol. The Morgan fingerprint density at radius 1 is 1.42 bits per heavy atom. The molecule has 0 bridgehead atoms. The maximum atomic E-state index is 13.8. The summed E-state index contributed by atoms with van der Waals surface area (Å²) in [4.78, 5) is 0. The summed E-state index contributed by atoms with van der Waals surface area (Å²) in [6, 6.07) is 2.81. The van der Waals surface area contributed by atoms with Gasteiger partial charge in [0.2, 0.25) is 0 Å². The number of aliphatic hydroxyl groups excluding tert-OH is 1. The van der Waals surface area contributed by atoms with Gasteiger partial charge < -0.3 is 20.9 Å². The van der Waals surface area contributed by atoms with Crippen LogP contribution < -0.4 is 15.8 Å². The van der Waals surface area contributed by atoms with Crippen molar-refractivity contribution in [2.75, 3.05) is 31.3 Å². The minimum absolute atomic E-state index is 0.0240. The molecule has 1 aromatic carbocycles. The van der Waals surface area contributed by atoms with Gasteiger partial charge in [-0.05, 0) is 18.3 Å². The topological polar surface area (TPSA) is 67.5 Å². The van der Waals surface area contributed by atoms with Gasteiger partial charge in [0, 0.05) is 25.3 Å². The Kier molecular flexibility index (Phi) is 5.42. The minimum atomic E-state index is -0.392. The lowest BCUT2D eigenvalue weighted by Crippen LogP contribution is -2.23. The molecule has 1 rings (SSSR count). The summed E-state index contributed by atoms with van der Waals surface area (Å²) in [7, 11) is 1.50. The highest BCUT2D eigenvalue weighted by molar-refractivity contribution is 5.62. The molecule has 0 aliphatic carbocycles. The van der Waals surface area contributed by atoms with E-state index >= 15 is 0 Å². The molecule has 0 aromatic heterocycles. The normalized spacial score (nSPS) is 11.4. The van der Waals surface area contributed by atoms with Crippen molar-refractivity contribution in [1.29, 1.82) is 0 Å². The first-order chi connectivity index (χ1) is 8.89. The Labute approximate surface area is 113 Å². The molecule has 5 heteroatoms. The maximum absolute atomic E-state index is 13.8. The fourth-order valence-corrected chi connectivity index (χ4v) is 1.86. The second-order valence-electron chi connectivity index (χ2n) is 5.42. The van der Waals surface area contributed by atoms with E-state index in [2.05, 4.69) is 19.2 Å². The van der Waals surface area contributed by atoms with E-state index in [1.165, 1.54) is 13.2 Å². The summed E-state index contributed by atoms with van der Waals surface area (Å²) in [5.74, 6) is 0.0633. The molecule has 0 atom stereocenters. The van der Waals surface area contributed by atoms with Gasteiger partial charge in [-0.3, -0.25) is 0 Å². The van der Waals surface area contributed by atoms with Gasteiger partial charge in [-0.15, -0.1) is 0 Å². The first-order valence-corrected chi connectivity index (χ1v) is 6.37. The number of nitrogen functional groups attached to an aromatic ring is 1. The van der Waals surface area contributed by atoms with Gasteiger partial charge in [-0.1, -0.05) is 13.8 Å². The highest BCUT2D eigenvalue weighted by atomic mass is 19.1. The molecule has 0 unspecified atom stereocenters. The second-order valence-corrected chi connectivity index (χ2v) is 5.42. The molecule has 0 radical (unpaired) electrons. The van der Waals surface area contributed by atoms with Gasteiger partial charge in [-0.2, -0.15) is 0 Å². The van der Waals surface area contributed by atoms with Crippen LogP contribution in [-0.4, -0.2) is 25.4 Å². The highest BCUT2D eigenvalue weighted by Crippen LogP contribution is 2.30. The Morgan fingerprint density at radius 2 is 2.11 bits per heavy atom. The lowest BCUT2D eigenvalue weighted by atomic mass is 9.88. The third-order valence-electron chi connectivity index (χ3n) is 3.09. The summed E-state index contributed by atoms with van der Waals surface area (Å²) in [6.45, 7) is 4.93. The van der Waals surface area contributed by atoms with Gasteiger partial charge >= 0.3 is 0 Å². The number of benzene rings is 1. The number of rotatable bonds is 7. The van der Waals surface area contributed by atoms with Crippen LogP contribution in [0, 0.1) is 11.2 Å². The number of halogens is 1. The molecule has 1 aromatic rings. The zero-order valence-electron chi connectivity index (χ0n) is 11.8. The van der Waals surface area contributed by atoms with E-state index in [0.29, 0.717) is 18.0 Å². The Morgan fingerprint density at radius 3 is 2.68 bits per heavy atom. The average Bonchev–Trinajstić information content (AvgIpc) is 2.35. The van der Waals surface area contributed by atoms with Gasteiger partial charge in [0.05, 0.1) is 18.5 Å². The van der Waals surface area contributed by atoms with E-state index in [9.17, 15) is 4.39 Å². The molecule has 108 valence electrons. The van der Waals surface area contributed by atoms with E-state index in [0.717, 1.165) is 12.8 Å². The molecule has 0 amide bonds. The van der Waals surface area contributed by atoms with Crippen molar-refractivity contribution >= 4 is 11.4 Å². The molecule has 4 nitrogen and oxygen atoms in total. The second kappa shape index (κ2) is 6.61. The fourth-order valence-electron chi connectivity index (χ4n) is 1.86. The average molecular weight is 270 g/mol. The molecular formula is C14H23FN2O2. The highest BCUT2D eigenvalue weighted by Gasteiger charge is 2.18. The zero-order valence-corrected chi connectivity index (χ0v) is 11.8. The summed E-state index contributed by atoms with van der Waals surface area (Å²) in [5.41, 5.74) is 6.26. The van der Waals surface area contributed by atoms with Gasteiger partial charge in [-0.25, -0.2) is 4.39 Å². The van der Waals surface area contributed by atoms with E-state index in [-0.39, 0.29) is 17.7 Å². The van der Waals surface area contributed by atoms with Crippen molar-refractivity contribution in [3.05, 3.63) is 17.9 Å². The van der Waals surface area contributed by atoms with Crippen LogP contribution in [0.1, 0.15) is 26.7 Å². The number of hydrogen-bond acceptors (Lipinski definition) is 4. The maximum Gasteiger partial charge on any atom is 0.148 e. The van der Waals surface area contributed by atoms with Crippen LogP contribution in [0.5, 0.6) is 5.75 Å². The van der Waals surface area contributed by atoms with Crippen LogP contribution in [0.4, 0.5) is 15.8 Å². The van der Waals surface area contributed by atoms with Crippen molar-refractivity contribution in [3.8, 4) is 5.75 Å². The number of methoxy groups -OCH3 is 1. The number of anilines is 2. The predicted molar refractivity (Wildman–Crippen MR) is 76.0 cm³/mol. The summed E-state index contributed by atoms with van der Waals surface area (Å²) in [6.07, 6.45) is 1.60. The largest absolute Gasteiger partial charge is 0.495 e. The molecule has 0 aliphatic rings. The van der Waals surface area contributed by atoms with Gasteiger partial charge in [0.25, 0.3) is 0 Å². The number of nitrogens with one attached hydrogen (secondary N) is 1. The summed E-state index contributed by atoms with van der Waals surface area (Å²) >= 11 is 0. The zero-order chi connectivity index (χ0) is 14.5. The van der Waals surface area contributed by atoms with Crippen molar-refractivity contribution in [2.45, 2.75) is 26.7 Å². The van der Waals surface area contributed by atoms with E-state index in [1.807, 2.05) is 0 Å². The molecule has 0 saturated carbocycles. The van der Waals surface area contributed by atoms with Gasteiger partial charge in [0.15, 0.2) is 0 Å². The smallest absolute Gasteiger partial charge is 0.148 e. The monoisotopic (exact) mass is 270 g/mol. The van der Waals surface area contributed by atoms with Crippen molar-refractivity contribution < 1.29 is 14.2 Å². The molecule has 0 fully saturated rings. The van der Waals surface area contributed by atoms with Gasteiger partial charge in [0.1, 0.15) is 11.6 Å². The molecule has 4 N–H and O–H groups in total. The Bertz CT molecular complexity index is 422. The first-order valence-electron chi connectivity index (χ1n) is 6.37. The Hall–Kier alpha value is -1.49. The van der Waals surface area contributed by atoms with E-state index in [1.54, 1.807) is 6.07 Å². The lowest BCUT2D eigenvalue weighted by molar-refractivity contribution is 0.248. The number of hydrogen-bond donors (Lipinski definition) is 3. The van der Waals surface area contributed by atoms with Crippen LogP contribution in [-0.2, 0) is 0 Å². The van der Waals surface area contributed by atoms with Crippen molar-refractivity contribution in [1.82, 2.24) is 0 Å². The van der Waals surface area contributed by atoms with Crippen molar-refractivity contribution in [3.63, 3.8) is 0 Å². The number of aliphatic hydroxyl groups is 1. The Balaban J connectivity index is 2.72. The molecule has 0 saturated heterocycles. The van der Waals surface area contributed by atoms with E-state index in [4.69, 9.17) is 15.6 Å².